The van der Waals surface area contributed by atoms with Gasteiger partial charge in [0.25, 0.3) is 5.91 Å². The second-order valence-electron chi connectivity index (χ2n) is 8.77. The summed E-state index contributed by atoms with van der Waals surface area (Å²) in [7, 11) is 0. The average Bonchev–Trinajstić information content (AvgIpc) is 2.74. The Morgan fingerprint density at radius 3 is 2.59 bits per heavy atom. The zero-order valence-electron chi connectivity index (χ0n) is 18.3. The third-order valence-corrected chi connectivity index (χ3v) is 6.19. The molecular formula is C24H38N2O3. The largest absolute Gasteiger partial charge is 0.492 e. The van der Waals surface area contributed by atoms with E-state index < -0.39 is 5.60 Å². The lowest BCUT2D eigenvalue weighted by Crippen LogP contribution is -2.48. The van der Waals surface area contributed by atoms with Gasteiger partial charge in [0.1, 0.15) is 18.0 Å². The molecule has 5 heteroatoms. The molecule has 0 unspecified atom stereocenters. The number of carbonyl (C=O) groups excluding carboxylic acids is 1. The molecule has 162 valence electrons. The Hall–Kier alpha value is -1.59. The minimum Gasteiger partial charge on any atom is -0.492 e. The molecule has 1 saturated carbocycles. The molecular weight excluding hydrogens is 364 g/mol. The number of nitrogens with zero attached hydrogens (tertiary/aromatic N) is 1. The van der Waals surface area contributed by atoms with Crippen LogP contribution in [0.15, 0.2) is 24.3 Å². The van der Waals surface area contributed by atoms with Crippen LogP contribution in [0.5, 0.6) is 5.75 Å². The van der Waals surface area contributed by atoms with Crippen LogP contribution in [-0.2, 0) is 9.53 Å². The van der Waals surface area contributed by atoms with Crippen molar-refractivity contribution >= 4 is 11.6 Å². The topological polar surface area (TPSA) is 50.8 Å². The van der Waals surface area contributed by atoms with Gasteiger partial charge in [-0.05, 0) is 81.8 Å². The lowest BCUT2D eigenvalue weighted by atomic mass is 9.78. The predicted octanol–water partition coefficient (Wildman–Crippen LogP) is 4.87. The number of piperidine rings is 1. The third kappa shape index (κ3) is 6.45. The van der Waals surface area contributed by atoms with Gasteiger partial charge >= 0.3 is 0 Å². The first-order chi connectivity index (χ1) is 14.1. The summed E-state index contributed by atoms with van der Waals surface area (Å²) in [4.78, 5) is 15.6. The standard InChI is InChI=1S/C24H38N2O3/c1-3-17-29-24(13-7-8-20(2)19-24)23(27)25-21-9-11-22(12-10-21)28-18-16-26-14-5-4-6-15-26/h9-12,20H,3-8,13-19H2,1-2H3,(H,25,27)/t20-,24-/m0/s1. The van der Waals surface area contributed by atoms with Crippen LogP contribution in [0.3, 0.4) is 0 Å². The van der Waals surface area contributed by atoms with Crippen LogP contribution in [0.2, 0.25) is 0 Å². The molecule has 1 heterocycles. The summed E-state index contributed by atoms with van der Waals surface area (Å²) >= 11 is 0. The Morgan fingerprint density at radius 1 is 1.14 bits per heavy atom. The van der Waals surface area contributed by atoms with E-state index in [1.165, 1.54) is 38.8 Å². The Kier molecular flexibility index (Phi) is 8.37. The molecule has 2 aliphatic rings. The van der Waals surface area contributed by atoms with Crippen LogP contribution in [0.1, 0.15) is 65.2 Å². The highest BCUT2D eigenvalue weighted by Gasteiger charge is 2.42. The number of amides is 1. The number of hydrogen-bond donors (Lipinski definition) is 1. The number of anilines is 1. The van der Waals surface area contributed by atoms with Crippen LogP contribution in [0.4, 0.5) is 5.69 Å². The highest BCUT2D eigenvalue weighted by Crippen LogP contribution is 2.36. The van der Waals surface area contributed by atoms with Crippen molar-refractivity contribution in [1.29, 1.82) is 0 Å². The van der Waals surface area contributed by atoms with E-state index in [0.717, 1.165) is 43.7 Å². The van der Waals surface area contributed by atoms with Gasteiger partial charge in [0.15, 0.2) is 0 Å². The van der Waals surface area contributed by atoms with E-state index in [4.69, 9.17) is 9.47 Å². The van der Waals surface area contributed by atoms with Gasteiger partial charge in [-0.1, -0.05) is 26.7 Å². The van der Waals surface area contributed by atoms with Crippen molar-refractivity contribution in [2.24, 2.45) is 5.92 Å². The van der Waals surface area contributed by atoms with E-state index >= 15 is 0 Å². The molecule has 1 aromatic carbocycles. The maximum absolute atomic E-state index is 13.1. The van der Waals surface area contributed by atoms with Crippen LogP contribution in [0, 0.1) is 5.92 Å². The molecule has 1 N–H and O–H groups in total. The summed E-state index contributed by atoms with van der Waals surface area (Å²) in [6.45, 7) is 8.99. The number of carbonyl (C=O) groups is 1. The lowest BCUT2D eigenvalue weighted by molar-refractivity contribution is -0.148. The van der Waals surface area contributed by atoms with Gasteiger partial charge in [-0.15, -0.1) is 0 Å². The van der Waals surface area contributed by atoms with Gasteiger partial charge in [0, 0.05) is 18.8 Å². The molecule has 1 aliphatic carbocycles. The fourth-order valence-corrected chi connectivity index (χ4v) is 4.56. The smallest absolute Gasteiger partial charge is 0.256 e. The predicted molar refractivity (Wildman–Crippen MR) is 117 cm³/mol. The van der Waals surface area contributed by atoms with E-state index in [2.05, 4.69) is 24.1 Å². The summed E-state index contributed by atoms with van der Waals surface area (Å²) < 4.78 is 12.0. The number of hydrogen-bond acceptors (Lipinski definition) is 4. The molecule has 0 aromatic heterocycles. The average molecular weight is 403 g/mol. The van der Waals surface area contributed by atoms with Crippen molar-refractivity contribution in [2.45, 2.75) is 70.8 Å². The van der Waals surface area contributed by atoms with Crippen molar-refractivity contribution in [3.8, 4) is 5.75 Å². The second-order valence-corrected chi connectivity index (χ2v) is 8.77. The second kappa shape index (κ2) is 11.0. The Balaban J connectivity index is 1.51. The Morgan fingerprint density at radius 2 is 1.90 bits per heavy atom. The molecule has 3 rings (SSSR count). The van der Waals surface area contributed by atoms with Gasteiger partial charge in [-0.3, -0.25) is 9.69 Å². The van der Waals surface area contributed by atoms with Crippen LogP contribution in [0.25, 0.3) is 0 Å². The zero-order chi connectivity index (χ0) is 20.5. The first-order valence-electron chi connectivity index (χ1n) is 11.5. The summed E-state index contributed by atoms with van der Waals surface area (Å²) in [6.07, 6.45) is 8.71. The third-order valence-electron chi connectivity index (χ3n) is 6.19. The molecule has 1 aliphatic heterocycles. The molecule has 1 saturated heterocycles. The fraction of sp³-hybridized carbons (Fsp3) is 0.708. The number of likely N-dealkylation sites (tertiary alicyclic amines) is 1. The lowest BCUT2D eigenvalue weighted by Gasteiger charge is -2.38. The van der Waals surface area contributed by atoms with Gasteiger partial charge in [-0.25, -0.2) is 0 Å². The van der Waals surface area contributed by atoms with Gasteiger partial charge in [0.2, 0.25) is 0 Å². The summed E-state index contributed by atoms with van der Waals surface area (Å²) in [5, 5.41) is 3.09. The molecule has 2 atom stereocenters. The van der Waals surface area contributed by atoms with Gasteiger partial charge < -0.3 is 14.8 Å². The number of rotatable bonds is 9. The molecule has 29 heavy (non-hydrogen) atoms. The normalized spacial score (nSPS) is 25.5. The minimum atomic E-state index is -0.683. The van der Waals surface area contributed by atoms with E-state index in [9.17, 15) is 4.79 Å². The molecule has 1 amide bonds. The molecule has 0 radical (unpaired) electrons. The molecule has 0 bridgehead atoms. The number of nitrogens with one attached hydrogen (secondary N) is 1. The van der Waals surface area contributed by atoms with E-state index in [1.807, 2.05) is 24.3 Å². The SMILES string of the molecule is CCCO[C@@]1(C(=O)Nc2ccc(OCCN3CCCCC3)cc2)CCC[C@H](C)C1. The summed E-state index contributed by atoms with van der Waals surface area (Å²) in [5.74, 6) is 1.36. The molecule has 1 aromatic rings. The van der Waals surface area contributed by atoms with Crippen molar-refractivity contribution in [3.05, 3.63) is 24.3 Å². The van der Waals surface area contributed by atoms with Crippen molar-refractivity contribution in [1.82, 2.24) is 4.90 Å². The molecule has 5 nitrogen and oxygen atoms in total. The highest BCUT2D eigenvalue weighted by molar-refractivity contribution is 5.97. The van der Waals surface area contributed by atoms with Crippen molar-refractivity contribution in [3.63, 3.8) is 0 Å². The summed E-state index contributed by atoms with van der Waals surface area (Å²) in [6, 6.07) is 7.73. The number of ether oxygens (including phenoxy) is 2. The monoisotopic (exact) mass is 402 g/mol. The first-order valence-corrected chi connectivity index (χ1v) is 11.5. The molecule has 0 spiro atoms. The van der Waals surface area contributed by atoms with Crippen LogP contribution in [-0.4, -0.2) is 49.3 Å². The van der Waals surface area contributed by atoms with E-state index in [0.29, 0.717) is 19.1 Å². The maximum Gasteiger partial charge on any atom is 0.256 e. The van der Waals surface area contributed by atoms with Crippen LogP contribution >= 0.6 is 0 Å². The number of benzene rings is 1. The fourth-order valence-electron chi connectivity index (χ4n) is 4.56. The summed E-state index contributed by atoms with van der Waals surface area (Å²) in [5.41, 5.74) is 0.119. The van der Waals surface area contributed by atoms with Gasteiger partial charge in [-0.2, -0.15) is 0 Å². The van der Waals surface area contributed by atoms with Crippen LogP contribution < -0.4 is 10.1 Å². The Labute approximate surface area is 176 Å². The molecule has 2 fully saturated rings. The van der Waals surface area contributed by atoms with Gasteiger partial charge in [0.05, 0.1) is 0 Å². The quantitative estimate of drug-likeness (QED) is 0.640. The van der Waals surface area contributed by atoms with Crippen molar-refractivity contribution in [2.75, 3.05) is 38.2 Å². The van der Waals surface area contributed by atoms with Crippen molar-refractivity contribution < 1.29 is 14.3 Å². The minimum absolute atomic E-state index is 0.00346. The first kappa shape index (κ1) is 22.1. The highest BCUT2D eigenvalue weighted by atomic mass is 16.5. The maximum atomic E-state index is 13.1. The Bertz CT molecular complexity index is 628. The van der Waals surface area contributed by atoms with E-state index in [-0.39, 0.29) is 5.91 Å². The van der Waals surface area contributed by atoms with E-state index in [1.54, 1.807) is 0 Å². The zero-order valence-corrected chi connectivity index (χ0v) is 18.3.